The third-order valence-electron chi connectivity index (χ3n) is 9.62. The van der Waals surface area contributed by atoms with Gasteiger partial charge in [0.2, 0.25) is 0 Å². The summed E-state index contributed by atoms with van der Waals surface area (Å²) >= 11 is 8.46. The molecule has 34 heavy (non-hydrogen) atoms. The molecule has 4 heteroatoms. The first kappa shape index (κ1) is 23.1. The second-order valence-electron chi connectivity index (χ2n) is 11.8. The number of hydrogen-bond acceptors (Lipinski definition) is 3. The van der Waals surface area contributed by atoms with Crippen molar-refractivity contribution < 1.29 is 0 Å². The largest absolute Gasteiger partial charge is 0.376 e. The molecule has 0 heterocycles. The van der Waals surface area contributed by atoms with E-state index in [1.165, 1.54) is 67.7 Å². The van der Waals surface area contributed by atoms with Crippen LogP contribution in [0.1, 0.15) is 63.4 Å². The van der Waals surface area contributed by atoms with E-state index in [0.717, 1.165) is 23.6 Å². The maximum absolute atomic E-state index is 6.31. The van der Waals surface area contributed by atoms with Crippen LogP contribution in [0.4, 0.5) is 0 Å². The van der Waals surface area contributed by atoms with Crippen molar-refractivity contribution in [2.45, 2.75) is 79.4 Å². The van der Waals surface area contributed by atoms with Gasteiger partial charge in [-0.3, -0.25) is 0 Å². The lowest BCUT2D eigenvalue weighted by atomic mass is 9.42. The lowest BCUT2D eigenvalue weighted by Crippen LogP contribution is -2.63. The van der Waals surface area contributed by atoms with Gasteiger partial charge in [0.15, 0.2) is 0 Å². The highest BCUT2D eigenvalue weighted by Crippen LogP contribution is 2.68. The fourth-order valence-corrected chi connectivity index (χ4v) is 10.0. The molecule has 0 radical (unpaired) electrons. The van der Waals surface area contributed by atoms with Gasteiger partial charge in [0.25, 0.3) is 0 Å². The van der Waals surface area contributed by atoms with E-state index < -0.39 is 0 Å². The van der Waals surface area contributed by atoms with Crippen molar-refractivity contribution in [3.8, 4) is 0 Å². The Bertz CT molecular complexity index is 983. The maximum atomic E-state index is 6.31. The van der Waals surface area contributed by atoms with Gasteiger partial charge >= 0.3 is 0 Å². The molecule has 2 unspecified atom stereocenters. The normalized spacial score (nSPS) is 38.6. The van der Waals surface area contributed by atoms with E-state index in [1.54, 1.807) is 5.56 Å². The first-order chi connectivity index (χ1) is 16.6. The van der Waals surface area contributed by atoms with E-state index in [9.17, 15) is 0 Å². The molecule has 2 aromatic rings. The molecule has 5 aliphatic carbocycles. The van der Waals surface area contributed by atoms with E-state index in [4.69, 9.17) is 18.0 Å². The summed E-state index contributed by atoms with van der Waals surface area (Å²) in [5.41, 5.74) is 7.97. The SMILES string of the molecule is NCC1CCC(NC(=S)C23CC4CC(c5ccccc5)(CC(C2)C4Sc2ccccc2)C3)CC1. The van der Waals surface area contributed by atoms with Crippen molar-refractivity contribution in [3.05, 3.63) is 66.2 Å². The molecular formula is C30H38N2S2. The number of thioether (sulfide) groups is 1. The molecule has 2 nitrogen and oxygen atoms in total. The van der Waals surface area contributed by atoms with Gasteiger partial charge in [0.05, 0.1) is 4.99 Å². The van der Waals surface area contributed by atoms with Crippen LogP contribution in [0, 0.1) is 23.2 Å². The van der Waals surface area contributed by atoms with Gasteiger partial charge in [0, 0.05) is 21.6 Å². The molecule has 7 rings (SSSR count). The van der Waals surface area contributed by atoms with Crippen LogP contribution in [0.25, 0.3) is 0 Å². The van der Waals surface area contributed by atoms with Gasteiger partial charge in [-0.15, -0.1) is 11.8 Å². The predicted octanol–water partition coefficient (Wildman–Crippen LogP) is 6.73. The Morgan fingerprint density at radius 2 is 1.50 bits per heavy atom. The average Bonchev–Trinajstić information content (AvgIpc) is 2.87. The van der Waals surface area contributed by atoms with Gasteiger partial charge in [-0.2, -0.15) is 0 Å². The van der Waals surface area contributed by atoms with Crippen molar-refractivity contribution in [1.82, 2.24) is 5.32 Å². The minimum atomic E-state index is 0.176. The van der Waals surface area contributed by atoms with Gasteiger partial charge in [0.1, 0.15) is 0 Å². The topological polar surface area (TPSA) is 38.0 Å². The molecule has 5 aliphatic rings. The Balaban J connectivity index is 1.26. The molecule has 2 atom stereocenters. The summed E-state index contributed by atoms with van der Waals surface area (Å²) in [6.45, 7) is 0.838. The van der Waals surface area contributed by atoms with Gasteiger partial charge in [-0.25, -0.2) is 0 Å². The third-order valence-corrected chi connectivity index (χ3v) is 11.8. The first-order valence-corrected chi connectivity index (χ1v) is 14.7. The van der Waals surface area contributed by atoms with Crippen LogP contribution in [0.15, 0.2) is 65.6 Å². The van der Waals surface area contributed by atoms with E-state index in [2.05, 4.69) is 77.7 Å². The Kier molecular flexibility index (Phi) is 6.28. The first-order valence-electron chi connectivity index (χ1n) is 13.4. The van der Waals surface area contributed by atoms with Crippen molar-refractivity contribution >= 4 is 29.0 Å². The van der Waals surface area contributed by atoms with Crippen LogP contribution in [0.2, 0.25) is 0 Å². The van der Waals surface area contributed by atoms with E-state index in [1.807, 2.05) is 0 Å². The van der Waals surface area contributed by atoms with Crippen LogP contribution >= 0.6 is 24.0 Å². The van der Waals surface area contributed by atoms with Crippen molar-refractivity contribution in [1.29, 1.82) is 0 Å². The molecule has 5 saturated carbocycles. The summed E-state index contributed by atoms with van der Waals surface area (Å²) in [5.74, 6) is 2.18. The van der Waals surface area contributed by atoms with E-state index in [-0.39, 0.29) is 5.41 Å². The Morgan fingerprint density at radius 1 is 0.882 bits per heavy atom. The second kappa shape index (κ2) is 9.26. The number of nitrogens with one attached hydrogen (secondary N) is 1. The third kappa shape index (κ3) is 4.14. The highest BCUT2D eigenvalue weighted by atomic mass is 32.2. The summed E-state index contributed by atoms with van der Waals surface area (Å²) in [5, 5.41) is 4.66. The molecule has 2 aromatic carbocycles. The van der Waals surface area contributed by atoms with Gasteiger partial charge < -0.3 is 11.1 Å². The van der Waals surface area contributed by atoms with E-state index >= 15 is 0 Å². The minimum absolute atomic E-state index is 0.176. The van der Waals surface area contributed by atoms with Crippen LogP contribution in [-0.4, -0.2) is 22.8 Å². The number of thiocarbonyl (C=S) groups is 1. The molecule has 0 amide bonds. The number of nitrogens with two attached hydrogens (primary N) is 1. The average molecular weight is 491 g/mol. The highest BCUT2D eigenvalue weighted by molar-refractivity contribution is 8.00. The Morgan fingerprint density at radius 3 is 2.12 bits per heavy atom. The lowest BCUT2D eigenvalue weighted by molar-refractivity contribution is -0.0298. The predicted molar refractivity (Wildman–Crippen MR) is 147 cm³/mol. The molecule has 4 bridgehead atoms. The highest BCUT2D eigenvalue weighted by Gasteiger charge is 2.63. The van der Waals surface area contributed by atoms with Crippen LogP contribution in [0.3, 0.4) is 0 Å². The number of hydrogen-bond donors (Lipinski definition) is 2. The second-order valence-corrected chi connectivity index (χ2v) is 13.4. The zero-order valence-corrected chi connectivity index (χ0v) is 21.8. The molecule has 180 valence electrons. The van der Waals surface area contributed by atoms with E-state index in [0.29, 0.717) is 17.4 Å². The zero-order chi connectivity index (χ0) is 23.2. The van der Waals surface area contributed by atoms with Crippen LogP contribution in [-0.2, 0) is 5.41 Å². The molecule has 3 N–H and O–H groups in total. The standard InChI is InChI=1S/C30H38N2S2/c31-19-21-11-13-25(14-12-21)32-28(33)30-17-22-15-29(20-30,24-7-3-1-4-8-24)16-23(18-30)27(22)34-26-9-5-2-6-10-26/h1-10,21-23,25,27H,11-20,31H2,(H,32,33). The molecule has 0 spiro atoms. The summed E-state index contributed by atoms with van der Waals surface area (Å²) in [6.07, 6.45) is 11.4. The van der Waals surface area contributed by atoms with Gasteiger partial charge in [-0.05, 0) is 105 Å². The molecule has 5 fully saturated rings. The summed E-state index contributed by atoms with van der Waals surface area (Å²) in [6, 6.07) is 23.1. The minimum Gasteiger partial charge on any atom is -0.376 e. The fraction of sp³-hybridized carbons (Fsp3) is 0.567. The van der Waals surface area contributed by atoms with Gasteiger partial charge in [-0.1, -0.05) is 60.7 Å². The van der Waals surface area contributed by atoms with Crippen molar-refractivity contribution in [3.63, 3.8) is 0 Å². The monoisotopic (exact) mass is 490 g/mol. The summed E-state index contributed by atoms with van der Waals surface area (Å²) in [7, 11) is 0. The Labute approximate surface area is 214 Å². The van der Waals surface area contributed by atoms with Crippen LogP contribution in [0.5, 0.6) is 0 Å². The summed E-state index contributed by atoms with van der Waals surface area (Å²) < 4.78 is 0. The maximum Gasteiger partial charge on any atom is 0.0818 e. The number of benzene rings is 2. The number of rotatable bonds is 6. The van der Waals surface area contributed by atoms with Crippen LogP contribution < -0.4 is 11.1 Å². The van der Waals surface area contributed by atoms with Crippen molar-refractivity contribution in [2.24, 2.45) is 28.9 Å². The quantitative estimate of drug-likeness (QED) is 0.440. The molecular weight excluding hydrogens is 452 g/mol. The lowest BCUT2D eigenvalue weighted by Gasteiger charge is -2.65. The zero-order valence-electron chi connectivity index (χ0n) is 20.1. The molecule has 0 aliphatic heterocycles. The van der Waals surface area contributed by atoms with Crippen molar-refractivity contribution in [2.75, 3.05) is 6.54 Å². The summed E-state index contributed by atoms with van der Waals surface area (Å²) in [4.78, 5) is 2.63. The molecule has 0 aromatic heterocycles. The smallest absolute Gasteiger partial charge is 0.0818 e. The molecule has 0 saturated heterocycles. The fourth-order valence-electron chi connectivity index (χ4n) is 8.23. The Hall–Kier alpha value is -1.36.